The second kappa shape index (κ2) is 9.60. The molecule has 1 N–H and O–H groups in total. The number of amides is 1. The second-order valence-corrected chi connectivity index (χ2v) is 10.1. The standard InChI is InChI=1S/C23H27IN2O2S/c1-28-19-12-11-15(13-18(19)24)14-25-23-21(17-9-5-6-10-20(17)29-23)22(27)26-16-7-3-2-4-8-16/h11-14,16H,2-10H2,1H3,(H,26,27). The molecule has 1 aromatic carbocycles. The summed E-state index contributed by atoms with van der Waals surface area (Å²) in [6.07, 6.45) is 12.2. The molecule has 1 fully saturated rings. The van der Waals surface area contributed by atoms with Crippen LogP contribution in [0.1, 0.15) is 71.3 Å². The summed E-state index contributed by atoms with van der Waals surface area (Å²) in [5.41, 5.74) is 3.08. The van der Waals surface area contributed by atoms with E-state index in [9.17, 15) is 4.79 Å². The van der Waals surface area contributed by atoms with Gasteiger partial charge in [0.1, 0.15) is 10.8 Å². The van der Waals surface area contributed by atoms with Gasteiger partial charge in [0, 0.05) is 17.1 Å². The molecule has 6 heteroatoms. The Morgan fingerprint density at radius 3 is 2.76 bits per heavy atom. The quantitative estimate of drug-likeness (QED) is 0.384. The average molecular weight is 522 g/mol. The van der Waals surface area contributed by atoms with Gasteiger partial charge in [0.2, 0.25) is 0 Å². The summed E-state index contributed by atoms with van der Waals surface area (Å²) in [5, 5.41) is 4.17. The number of rotatable bonds is 5. The molecule has 154 valence electrons. The zero-order valence-electron chi connectivity index (χ0n) is 16.8. The molecule has 4 nitrogen and oxygen atoms in total. The minimum Gasteiger partial charge on any atom is -0.496 e. The lowest BCUT2D eigenvalue weighted by Gasteiger charge is -2.23. The molecule has 0 aliphatic heterocycles. The molecular weight excluding hydrogens is 495 g/mol. The van der Waals surface area contributed by atoms with Gasteiger partial charge in [-0.25, -0.2) is 4.99 Å². The summed E-state index contributed by atoms with van der Waals surface area (Å²) in [5.74, 6) is 0.939. The van der Waals surface area contributed by atoms with Gasteiger partial charge < -0.3 is 10.1 Å². The fraction of sp³-hybridized carbons (Fsp3) is 0.478. The van der Waals surface area contributed by atoms with Gasteiger partial charge in [-0.1, -0.05) is 19.3 Å². The number of aliphatic imine (C=N–C) groups is 1. The van der Waals surface area contributed by atoms with E-state index in [0.29, 0.717) is 6.04 Å². The van der Waals surface area contributed by atoms with Crippen LogP contribution in [0.3, 0.4) is 0 Å². The van der Waals surface area contributed by atoms with E-state index in [2.05, 4.69) is 34.0 Å². The molecule has 1 amide bonds. The molecular formula is C23H27IN2O2S. The molecule has 2 aliphatic carbocycles. The van der Waals surface area contributed by atoms with Crippen LogP contribution in [0, 0.1) is 3.57 Å². The monoisotopic (exact) mass is 522 g/mol. The molecule has 0 radical (unpaired) electrons. The fourth-order valence-corrected chi connectivity index (χ4v) is 6.27. The molecule has 0 unspecified atom stereocenters. The predicted molar refractivity (Wildman–Crippen MR) is 128 cm³/mol. The number of nitrogens with one attached hydrogen (secondary N) is 1. The van der Waals surface area contributed by atoms with Gasteiger partial charge in [-0.05, 0) is 90.4 Å². The Kier molecular flexibility index (Phi) is 6.90. The zero-order chi connectivity index (χ0) is 20.2. The van der Waals surface area contributed by atoms with Gasteiger partial charge in [0.15, 0.2) is 0 Å². The molecule has 1 aromatic heterocycles. The first-order valence-corrected chi connectivity index (χ1v) is 12.4. The Hall–Kier alpha value is -1.41. The van der Waals surface area contributed by atoms with E-state index < -0.39 is 0 Å². The van der Waals surface area contributed by atoms with Crippen LogP contribution >= 0.6 is 33.9 Å². The summed E-state index contributed by atoms with van der Waals surface area (Å²) < 4.78 is 6.39. The van der Waals surface area contributed by atoms with E-state index in [0.717, 1.165) is 57.6 Å². The topological polar surface area (TPSA) is 50.7 Å². The van der Waals surface area contributed by atoms with Gasteiger partial charge >= 0.3 is 0 Å². The first kappa shape index (κ1) is 20.8. The Bertz CT molecular complexity index is 916. The number of carbonyl (C=O) groups excluding carboxylic acids is 1. The fourth-order valence-electron chi connectivity index (χ4n) is 4.28. The van der Waals surface area contributed by atoms with Crippen molar-refractivity contribution in [2.45, 2.75) is 63.8 Å². The Morgan fingerprint density at radius 1 is 1.21 bits per heavy atom. The number of carbonyl (C=O) groups is 1. The van der Waals surface area contributed by atoms with Crippen LogP contribution in [0.2, 0.25) is 0 Å². The normalized spacial score (nSPS) is 17.3. The van der Waals surface area contributed by atoms with Crippen molar-refractivity contribution < 1.29 is 9.53 Å². The first-order chi connectivity index (χ1) is 14.2. The van der Waals surface area contributed by atoms with Crippen molar-refractivity contribution in [3.63, 3.8) is 0 Å². The van der Waals surface area contributed by atoms with Crippen LogP contribution < -0.4 is 10.1 Å². The lowest BCUT2D eigenvalue weighted by molar-refractivity contribution is 0.0927. The number of aryl methyl sites for hydroxylation is 1. The average Bonchev–Trinajstić information content (AvgIpc) is 3.11. The molecule has 0 spiro atoms. The van der Waals surface area contributed by atoms with E-state index in [1.54, 1.807) is 18.4 Å². The van der Waals surface area contributed by atoms with Crippen LogP contribution in [-0.4, -0.2) is 25.3 Å². The number of hydrogen-bond acceptors (Lipinski definition) is 4. The maximum absolute atomic E-state index is 13.2. The van der Waals surface area contributed by atoms with Crippen LogP contribution in [0.5, 0.6) is 5.75 Å². The molecule has 2 aliphatic rings. The van der Waals surface area contributed by atoms with E-state index in [-0.39, 0.29) is 5.91 Å². The highest BCUT2D eigenvalue weighted by molar-refractivity contribution is 14.1. The SMILES string of the molecule is COc1ccc(C=Nc2sc3c(c2C(=O)NC2CCCCC2)CCCC3)cc1I. The lowest BCUT2D eigenvalue weighted by Crippen LogP contribution is -2.36. The highest BCUT2D eigenvalue weighted by atomic mass is 127. The summed E-state index contributed by atoms with van der Waals surface area (Å²) in [6.45, 7) is 0. The number of ether oxygens (including phenoxy) is 1. The summed E-state index contributed by atoms with van der Waals surface area (Å²) in [4.78, 5) is 19.3. The van der Waals surface area contributed by atoms with Crippen molar-refractivity contribution in [2.24, 2.45) is 4.99 Å². The number of halogens is 1. The smallest absolute Gasteiger partial charge is 0.254 e. The Balaban J connectivity index is 1.61. The number of nitrogens with zero attached hydrogens (tertiary/aromatic N) is 1. The van der Waals surface area contributed by atoms with Crippen molar-refractivity contribution in [3.05, 3.63) is 43.3 Å². The molecule has 0 atom stereocenters. The van der Waals surface area contributed by atoms with Gasteiger partial charge in [0.25, 0.3) is 5.91 Å². The molecule has 29 heavy (non-hydrogen) atoms. The third-order valence-electron chi connectivity index (χ3n) is 5.83. The molecule has 2 aromatic rings. The Labute approximate surface area is 190 Å². The van der Waals surface area contributed by atoms with E-state index in [1.807, 2.05) is 18.3 Å². The number of hydrogen-bond donors (Lipinski definition) is 1. The van der Waals surface area contributed by atoms with E-state index >= 15 is 0 Å². The number of fused-ring (bicyclic) bond motifs is 1. The van der Waals surface area contributed by atoms with Gasteiger partial charge in [-0.2, -0.15) is 0 Å². The van der Waals surface area contributed by atoms with Crippen molar-refractivity contribution in [1.82, 2.24) is 5.32 Å². The predicted octanol–water partition coefficient (Wildman–Crippen LogP) is 6.05. The minimum absolute atomic E-state index is 0.0766. The third-order valence-corrected chi connectivity index (χ3v) is 7.87. The maximum atomic E-state index is 13.2. The number of thiophene rings is 1. The van der Waals surface area contributed by atoms with Crippen molar-refractivity contribution in [2.75, 3.05) is 7.11 Å². The molecule has 0 bridgehead atoms. The van der Waals surface area contributed by atoms with Gasteiger partial charge in [-0.3, -0.25) is 4.79 Å². The van der Waals surface area contributed by atoms with Crippen LogP contribution in [0.4, 0.5) is 5.00 Å². The van der Waals surface area contributed by atoms with Crippen molar-refractivity contribution >= 4 is 51.1 Å². The number of methoxy groups -OCH3 is 1. The van der Waals surface area contributed by atoms with Crippen LogP contribution in [0.15, 0.2) is 23.2 Å². The molecule has 0 saturated heterocycles. The van der Waals surface area contributed by atoms with Crippen molar-refractivity contribution in [1.29, 1.82) is 0 Å². The summed E-state index contributed by atoms with van der Waals surface area (Å²) in [7, 11) is 1.68. The molecule has 1 saturated carbocycles. The van der Waals surface area contributed by atoms with Crippen LogP contribution in [-0.2, 0) is 12.8 Å². The molecule has 1 heterocycles. The van der Waals surface area contributed by atoms with Gasteiger partial charge in [0.05, 0.1) is 16.2 Å². The molecule has 4 rings (SSSR count). The largest absolute Gasteiger partial charge is 0.496 e. The number of benzene rings is 1. The maximum Gasteiger partial charge on any atom is 0.254 e. The first-order valence-electron chi connectivity index (χ1n) is 10.5. The van der Waals surface area contributed by atoms with E-state index in [1.165, 1.54) is 36.1 Å². The van der Waals surface area contributed by atoms with Crippen molar-refractivity contribution in [3.8, 4) is 5.75 Å². The summed E-state index contributed by atoms with van der Waals surface area (Å²) >= 11 is 3.97. The Morgan fingerprint density at radius 2 is 2.00 bits per heavy atom. The minimum atomic E-state index is 0.0766. The zero-order valence-corrected chi connectivity index (χ0v) is 19.8. The lowest BCUT2D eigenvalue weighted by atomic mass is 9.93. The third kappa shape index (κ3) is 4.85. The van der Waals surface area contributed by atoms with E-state index in [4.69, 9.17) is 9.73 Å². The van der Waals surface area contributed by atoms with Crippen LogP contribution in [0.25, 0.3) is 0 Å². The second-order valence-electron chi connectivity index (χ2n) is 7.85. The highest BCUT2D eigenvalue weighted by Crippen LogP contribution is 2.40. The van der Waals surface area contributed by atoms with Gasteiger partial charge in [-0.15, -0.1) is 11.3 Å². The summed E-state index contributed by atoms with van der Waals surface area (Å²) in [6, 6.07) is 6.33. The highest BCUT2D eigenvalue weighted by Gasteiger charge is 2.27.